The molecule has 3 rings (SSSR count). The number of halogens is 2. The van der Waals surface area contributed by atoms with Gasteiger partial charge in [-0.2, -0.15) is 5.10 Å². The second kappa shape index (κ2) is 8.38. The maximum absolute atomic E-state index is 13.3. The Balaban J connectivity index is 1.89. The third-order valence-corrected chi connectivity index (χ3v) is 6.21. The lowest BCUT2D eigenvalue weighted by atomic mass is 9.75. The van der Waals surface area contributed by atoms with Crippen molar-refractivity contribution < 1.29 is 23.1 Å². The van der Waals surface area contributed by atoms with Crippen LogP contribution in [0.3, 0.4) is 0 Å². The molecule has 0 unspecified atom stereocenters. The first kappa shape index (κ1) is 21.7. The molecule has 2 fully saturated rings. The van der Waals surface area contributed by atoms with Crippen molar-refractivity contribution in [3.05, 3.63) is 17.5 Å². The van der Waals surface area contributed by atoms with Crippen molar-refractivity contribution >= 4 is 11.9 Å². The first-order valence-corrected chi connectivity index (χ1v) is 10.2. The number of carbonyl (C=O) groups is 2. The van der Waals surface area contributed by atoms with Gasteiger partial charge >= 0.3 is 5.97 Å². The molecule has 0 aromatic carbocycles. The first-order chi connectivity index (χ1) is 13.7. The molecular weight excluding hydrogens is 382 g/mol. The highest BCUT2D eigenvalue weighted by Crippen LogP contribution is 2.44. The van der Waals surface area contributed by atoms with Gasteiger partial charge in [-0.25, -0.2) is 8.78 Å². The van der Waals surface area contributed by atoms with E-state index >= 15 is 0 Å². The fourth-order valence-electron chi connectivity index (χ4n) is 4.66. The summed E-state index contributed by atoms with van der Waals surface area (Å²) in [6.07, 6.45) is -0.221. The Kier molecular flexibility index (Phi) is 6.26. The Morgan fingerprint density at radius 3 is 2.69 bits per heavy atom. The van der Waals surface area contributed by atoms with Crippen molar-refractivity contribution in [3.63, 3.8) is 0 Å². The zero-order valence-corrected chi connectivity index (χ0v) is 17.5. The molecule has 0 spiro atoms. The fourth-order valence-corrected chi connectivity index (χ4v) is 4.66. The van der Waals surface area contributed by atoms with Crippen molar-refractivity contribution in [2.75, 3.05) is 32.8 Å². The number of hydrogen-bond acceptors (Lipinski definition) is 5. The SMILES string of the molecule is CCOC(=O)[C@@]12CCCN(C(=O)c3cn(C)nc3C(F)F)C[C@H]1CN(C(C)C)C2. The molecule has 162 valence electrons. The molecule has 1 amide bonds. The number of ether oxygens (including phenoxy) is 1. The van der Waals surface area contributed by atoms with Gasteiger partial charge in [0.05, 0.1) is 17.6 Å². The Hall–Kier alpha value is -2.03. The zero-order valence-electron chi connectivity index (χ0n) is 17.5. The molecule has 2 saturated heterocycles. The second-order valence-electron chi connectivity index (χ2n) is 8.35. The minimum Gasteiger partial charge on any atom is -0.466 e. The molecule has 2 aliphatic rings. The van der Waals surface area contributed by atoms with Gasteiger partial charge < -0.3 is 9.64 Å². The number of aryl methyl sites for hydroxylation is 1. The van der Waals surface area contributed by atoms with E-state index in [2.05, 4.69) is 23.8 Å². The molecule has 29 heavy (non-hydrogen) atoms. The number of hydrogen-bond donors (Lipinski definition) is 0. The molecule has 3 heterocycles. The molecule has 0 aliphatic carbocycles. The van der Waals surface area contributed by atoms with Crippen LogP contribution in [-0.4, -0.2) is 70.3 Å². The minimum atomic E-state index is -2.82. The summed E-state index contributed by atoms with van der Waals surface area (Å²) >= 11 is 0. The van der Waals surface area contributed by atoms with E-state index in [1.807, 2.05) is 0 Å². The number of nitrogens with zero attached hydrogens (tertiary/aromatic N) is 4. The van der Waals surface area contributed by atoms with E-state index in [1.165, 1.54) is 17.9 Å². The number of amides is 1. The number of esters is 1. The van der Waals surface area contributed by atoms with E-state index < -0.39 is 23.4 Å². The molecule has 2 atom stereocenters. The monoisotopic (exact) mass is 412 g/mol. The molecule has 7 nitrogen and oxygen atoms in total. The summed E-state index contributed by atoms with van der Waals surface area (Å²) in [5.41, 5.74) is -1.21. The maximum atomic E-state index is 13.3. The molecule has 0 radical (unpaired) electrons. The van der Waals surface area contributed by atoms with Gasteiger partial charge in [0.1, 0.15) is 5.69 Å². The molecule has 9 heteroatoms. The van der Waals surface area contributed by atoms with Crippen molar-refractivity contribution in [3.8, 4) is 0 Å². The van der Waals surface area contributed by atoms with Crippen LogP contribution >= 0.6 is 0 Å². The van der Waals surface area contributed by atoms with Crippen molar-refractivity contribution in [2.24, 2.45) is 18.4 Å². The number of alkyl halides is 2. The predicted octanol–water partition coefficient (Wildman–Crippen LogP) is 2.48. The molecule has 0 bridgehead atoms. The van der Waals surface area contributed by atoms with E-state index in [-0.39, 0.29) is 23.5 Å². The average Bonchev–Trinajstić information content (AvgIpc) is 3.17. The van der Waals surface area contributed by atoms with Gasteiger partial charge in [-0.05, 0) is 33.6 Å². The summed E-state index contributed by atoms with van der Waals surface area (Å²) in [5.74, 6) is -0.754. The molecule has 1 aromatic rings. The lowest BCUT2D eigenvalue weighted by Gasteiger charge is -2.31. The quantitative estimate of drug-likeness (QED) is 0.695. The lowest BCUT2D eigenvalue weighted by Crippen LogP contribution is -2.43. The lowest BCUT2D eigenvalue weighted by molar-refractivity contribution is -0.157. The number of carbonyl (C=O) groups excluding carboxylic acids is 2. The summed E-state index contributed by atoms with van der Waals surface area (Å²) in [7, 11) is 1.52. The van der Waals surface area contributed by atoms with Crippen LogP contribution in [0.5, 0.6) is 0 Å². The number of likely N-dealkylation sites (tertiary alicyclic amines) is 2. The first-order valence-electron chi connectivity index (χ1n) is 10.2. The summed E-state index contributed by atoms with van der Waals surface area (Å²) in [6.45, 7) is 8.31. The number of rotatable bonds is 5. The van der Waals surface area contributed by atoms with E-state index in [9.17, 15) is 18.4 Å². The van der Waals surface area contributed by atoms with E-state index in [0.717, 1.165) is 0 Å². The van der Waals surface area contributed by atoms with Crippen LogP contribution in [0.15, 0.2) is 6.20 Å². The van der Waals surface area contributed by atoms with Crippen LogP contribution in [0, 0.1) is 11.3 Å². The highest BCUT2D eigenvalue weighted by Gasteiger charge is 2.54. The van der Waals surface area contributed by atoms with Crippen LogP contribution in [0.4, 0.5) is 8.78 Å². The van der Waals surface area contributed by atoms with Crippen LogP contribution in [0.25, 0.3) is 0 Å². The van der Waals surface area contributed by atoms with Gasteiger partial charge in [-0.3, -0.25) is 19.2 Å². The summed E-state index contributed by atoms with van der Waals surface area (Å²) in [4.78, 5) is 29.9. The highest BCUT2D eigenvalue weighted by atomic mass is 19.3. The van der Waals surface area contributed by atoms with Gasteiger partial charge in [0, 0.05) is 51.4 Å². The summed E-state index contributed by atoms with van der Waals surface area (Å²) in [6, 6.07) is 0.265. The largest absolute Gasteiger partial charge is 0.466 e. The Labute approximate surface area is 170 Å². The Bertz CT molecular complexity index is 767. The van der Waals surface area contributed by atoms with Crippen molar-refractivity contribution in [2.45, 2.75) is 46.1 Å². The Morgan fingerprint density at radius 2 is 2.07 bits per heavy atom. The van der Waals surface area contributed by atoms with Crippen LogP contribution in [0.1, 0.15) is 56.1 Å². The third kappa shape index (κ3) is 4.01. The average molecular weight is 412 g/mol. The zero-order chi connectivity index (χ0) is 21.3. The summed E-state index contributed by atoms with van der Waals surface area (Å²) < 4.78 is 33.3. The maximum Gasteiger partial charge on any atom is 0.313 e. The normalized spacial score (nSPS) is 25.4. The molecule has 0 N–H and O–H groups in total. The van der Waals surface area contributed by atoms with Crippen LogP contribution < -0.4 is 0 Å². The smallest absolute Gasteiger partial charge is 0.313 e. The fraction of sp³-hybridized carbons (Fsp3) is 0.750. The second-order valence-corrected chi connectivity index (χ2v) is 8.35. The van der Waals surface area contributed by atoms with Gasteiger partial charge in [0.25, 0.3) is 12.3 Å². The van der Waals surface area contributed by atoms with Crippen LogP contribution in [0.2, 0.25) is 0 Å². The third-order valence-electron chi connectivity index (χ3n) is 6.21. The van der Waals surface area contributed by atoms with Gasteiger partial charge in [0.15, 0.2) is 0 Å². The summed E-state index contributed by atoms with van der Waals surface area (Å²) in [5, 5.41) is 3.75. The molecule has 1 aromatic heterocycles. The highest BCUT2D eigenvalue weighted by molar-refractivity contribution is 5.95. The predicted molar refractivity (Wildman–Crippen MR) is 103 cm³/mol. The topological polar surface area (TPSA) is 67.7 Å². The molecule has 2 aliphatic heterocycles. The Morgan fingerprint density at radius 1 is 1.34 bits per heavy atom. The van der Waals surface area contributed by atoms with Gasteiger partial charge in [0.2, 0.25) is 0 Å². The standard InChI is InChI=1S/C20H30F2N4O3/c1-5-29-19(28)20-7-6-8-25(9-14(20)10-26(12-20)13(2)3)18(27)15-11-24(4)23-16(15)17(21)22/h11,13-14,17H,5-10,12H2,1-4H3/t14-,20+/m0/s1. The van der Waals surface area contributed by atoms with Gasteiger partial charge in [-0.1, -0.05) is 0 Å². The van der Waals surface area contributed by atoms with E-state index in [4.69, 9.17) is 4.74 Å². The van der Waals surface area contributed by atoms with Crippen LogP contribution in [-0.2, 0) is 16.6 Å². The molecule has 0 saturated carbocycles. The minimum absolute atomic E-state index is 0.0650. The van der Waals surface area contributed by atoms with E-state index in [1.54, 1.807) is 11.8 Å². The van der Waals surface area contributed by atoms with Crippen molar-refractivity contribution in [1.82, 2.24) is 19.6 Å². The van der Waals surface area contributed by atoms with E-state index in [0.29, 0.717) is 45.6 Å². The molecular formula is C20H30F2N4O3. The number of fused-ring (bicyclic) bond motifs is 1. The number of aromatic nitrogens is 2. The van der Waals surface area contributed by atoms with Gasteiger partial charge in [-0.15, -0.1) is 0 Å². The van der Waals surface area contributed by atoms with Crippen molar-refractivity contribution in [1.29, 1.82) is 0 Å².